The molecule has 1 saturated heterocycles. The number of nitrogens with zero attached hydrogens (tertiary/aromatic N) is 5. The van der Waals surface area contributed by atoms with Crippen LogP contribution in [0.3, 0.4) is 0 Å². The molecule has 2 aromatic heterocycles. The third-order valence-electron chi connectivity index (χ3n) is 6.20. The lowest BCUT2D eigenvalue weighted by atomic mass is 10.2. The van der Waals surface area contributed by atoms with E-state index in [0.717, 1.165) is 12.1 Å². The van der Waals surface area contributed by atoms with Crippen molar-refractivity contribution in [3.05, 3.63) is 100 Å². The lowest BCUT2D eigenvalue weighted by Crippen LogP contribution is -2.50. The second-order valence-corrected chi connectivity index (χ2v) is 9.19. The number of ether oxygens (including phenoxy) is 1. The molecular formula is C27H22ClF3N6O3. The number of hydrogen-bond acceptors (Lipinski definition) is 6. The molecule has 0 spiro atoms. The van der Waals surface area contributed by atoms with Crippen LogP contribution in [0.1, 0.15) is 5.56 Å². The minimum absolute atomic E-state index is 0.0569. The van der Waals surface area contributed by atoms with Crippen LogP contribution < -0.4 is 20.5 Å². The third kappa shape index (κ3) is 6.01. The molecule has 1 aliphatic rings. The number of aromatic nitrogens is 3. The molecule has 206 valence electrons. The van der Waals surface area contributed by atoms with Gasteiger partial charge in [-0.25, -0.2) is 9.78 Å². The van der Waals surface area contributed by atoms with E-state index in [1.165, 1.54) is 29.1 Å². The van der Waals surface area contributed by atoms with Gasteiger partial charge in [0.2, 0.25) is 5.88 Å². The standard InChI is InChI=1S/C27H22ClF3N6O3/c28-24-22(17-33-37(25(24)38)20-4-2-1-3-5-20)35-12-14-36(15-13-35)26(39)34-19-8-11-23(32-16-19)40-21-9-6-18(7-10-21)27(29,30)31/h1-11,16-17H,12-15H2,(H,34,39). The Balaban J connectivity index is 1.15. The molecule has 1 N–H and O–H groups in total. The van der Waals surface area contributed by atoms with Crippen molar-refractivity contribution in [1.82, 2.24) is 19.7 Å². The minimum atomic E-state index is -4.43. The molecule has 9 nitrogen and oxygen atoms in total. The number of alkyl halides is 3. The summed E-state index contributed by atoms with van der Waals surface area (Å²) in [6.45, 7) is 1.66. The van der Waals surface area contributed by atoms with E-state index in [-0.39, 0.29) is 22.7 Å². The molecular weight excluding hydrogens is 549 g/mol. The van der Waals surface area contributed by atoms with Crippen LogP contribution >= 0.6 is 11.6 Å². The topological polar surface area (TPSA) is 92.6 Å². The van der Waals surface area contributed by atoms with Gasteiger partial charge in [0.25, 0.3) is 5.56 Å². The quantitative estimate of drug-likeness (QED) is 0.343. The fraction of sp³-hybridized carbons (Fsp3) is 0.185. The van der Waals surface area contributed by atoms with Crippen LogP contribution in [0.25, 0.3) is 5.69 Å². The van der Waals surface area contributed by atoms with E-state index >= 15 is 0 Å². The highest BCUT2D eigenvalue weighted by atomic mass is 35.5. The number of para-hydroxylation sites is 1. The summed E-state index contributed by atoms with van der Waals surface area (Å²) in [5.74, 6) is 0.355. The summed E-state index contributed by atoms with van der Waals surface area (Å²) in [5, 5.41) is 7.08. The summed E-state index contributed by atoms with van der Waals surface area (Å²) >= 11 is 6.41. The van der Waals surface area contributed by atoms with Crippen LogP contribution in [0.5, 0.6) is 11.6 Å². The first-order chi connectivity index (χ1) is 19.2. The molecule has 0 radical (unpaired) electrons. The Labute approximate surface area is 231 Å². The highest BCUT2D eigenvalue weighted by Crippen LogP contribution is 2.31. The van der Waals surface area contributed by atoms with E-state index in [1.807, 2.05) is 11.0 Å². The summed E-state index contributed by atoms with van der Waals surface area (Å²) in [5.41, 5.74) is 0.331. The molecule has 40 heavy (non-hydrogen) atoms. The van der Waals surface area contributed by atoms with Crippen LogP contribution in [0.2, 0.25) is 5.02 Å². The van der Waals surface area contributed by atoms with Crippen molar-refractivity contribution in [2.45, 2.75) is 6.18 Å². The number of anilines is 2. The number of piperazine rings is 1. The maximum atomic E-state index is 12.8. The van der Waals surface area contributed by atoms with E-state index in [4.69, 9.17) is 16.3 Å². The van der Waals surface area contributed by atoms with Gasteiger partial charge in [-0.2, -0.15) is 23.0 Å². The van der Waals surface area contributed by atoms with Gasteiger partial charge in [-0.15, -0.1) is 0 Å². The van der Waals surface area contributed by atoms with Crippen molar-refractivity contribution in [2.75, 3.05) is 36.4 Å². The van der Waals surface area contributed by atoms with Crippen LogP contribution in [-0.2, 0) is 6.18 Å². The molecule has 0 bridgehead atoms. The number of benzene rings is 2. The zero-order valence-corrected chi connectivity index (χ0v) is 21.6. The van der Waals surface area contributed by atoms with Crippen molar-refractivity contribution in [3.8, 4) is 17.3 Å². The van der Waals surface area contributed by atoms with Crippen LogP contribution in [0.4, 0.5) is 29.3 Å². The largest absolute Gasteiger partial charge is 0.439 e. The Hall–Kier alpha value is -4.58. The van der Waals surface area contributed by atoms with Gasteiger partial charge < -0.3 is 19.9 Å². The van der Waals surface area contributed by atoms with Gasteiger partial charge in [-0.05, 0) is 42.5 Å². The number of carbonyl (C=O) groups is 1. The van der Waals surface area contributed by atoms with Gasteiger partial charge in [-0.3, -0.25) is 4.79 Å². The first-order valence-corrected chi connectivity index (χ1v) is 12.5. The fourth-order valence-corrected chi connectivity index (χ4v) is 4.35. The molecule has 1 aliphatic heterocycles. The monoisotopic (exact) mass is 570 g/mol. The predicted molar refractivity (Wildman–Crippen MR) is 143 cm³/mol. The van der Waals surface area contributed by atoms with Crippen molar-refractivity contribution in [2.24, 2.45) is 0 Å². The summed E-state index contributed by atoms with van der Waals surface area (Å²) in [6, 6.07) is 16.0. The normalized spacial score (nSPS) is 13.7. The van der Waals surface area contributed by atoms with E-state index < -0.39 is 17.3 Å². The molecule has 0 aliphatic carbocycles. The highest BCUT2D eigenvalue weighted by molar-refractivity contribution is 6.33. The van der Waals surface area contributed by atoms with Crippen LogP contribution in [-0.4, -0.2) is 51.9 Å². The molecule has 3 heterocycles. The van der Waals surface area contributed by atoms with Gasteiger partial charge in [0, 0.05) is 32.2 Å². The lowest BCUT2D eigenvalue weighted by Gasteiger charge is -2.36. The van der Waals surface area contributed by atoms with Gasteiger partial charge in [-0.1, -0.05) is 29.8 Å². The zero-order chi connectivity index (χ0) is 28.3. The number of halogens is 4. The average molecular weight is 571 g/mol. The van der Waals surface area contributed by atoms with Crippen molar-refractivity contribution >= 4 is 29.0 Å². The summed E-state index contributed by atoms with van der Waals surface area (Å²) < 4.78 is 44.9. The van der Waals surface area contributed by atoms with E-state index in [0.29, 0.717) is 43.2 Å². The Morgan fingerprint density at radius 3 is 2.25 bits per heavy atom. The van der Waals surface area contributed by atoms with E-state index in [9.17, 15) is 22.8 Å². The van der Waals surface area contributed by atoms with E-state index in [2.05, 4.69) is 15.4 Å². The summed E-state index contributed by atoms with van der Waals surface area (Å²) in [6.07, 6.45) is -1.49. The molecule has 0 atom stereocenters. The fourth-order valence-electron chi connectivity index (χ4n) is 4.10. The van der Waals surface area contributed by atoms with Gasteiger partial charge in [0.15, 0.2) is 0 Å². The Kier molecular flexibility index (Phi) is 7.60. The minimum Gasteiger partial charge on any atom is -0.439 e. The van der Waals surface area contributed by atoms with E-state index in [1.54, 1.807) is 41.4 Å². The Morgan fingerprint density at radius 1 is 0.925 bits per heavy atom. The smallest absolute Gasteiger partial charge is 0.416 e. The maximum Gasteiger partial charge on any atom is 0.416 e. The molecule has 0 unspecified atom stereocenters. The van der Waals surface area contributed by atoms with Gasteiger partial charge >= 0.3 is 12.2 Å². The summed E-state index contributed by atoms with van der Waals surface area (Å²) in [7, 11) is 0. The second kappa shape index (κ2) is 11.3. The van der Waals surface area contributed by atoms with Crippen molar-refractivity contribution < 1.29 is 22.7 Å². The molecule has 2 amide bonds. The molecule has 0 saturated carbocycles. The number of nitrogens with one attached hydrogen (secondary N) is 1. The summed E-state index contributed by atoms with van der Waals surface area (Å²) in [4.78, 5) is 33.2. The van der Waals surface area contributed by atoms with Crippen molar-refractivity contribution in [1.29, 1.82) is 0 Å². The molecule has 5 rings (SSSR count). The third-order valence-corrected chi connectivity index (χ3v) is 6.56. The highest BCUT2D eigenvalue weighted by Gasteiger charge is 2.30. The number of urea groups is 1. The average Bonchev–Trinajstić information content (AvgIpc) is 2.96. The van der Waals surface area contributed by atoms with Crippen LogP contribution in [0, 0.1) is 0 Å². The predicted octanol–water partition coefficient (Wildman–Crippen LogP) is 5.45. The molecule has 2 aromatic carbocycles. The first-order valence-electron chi connectivity index (χ1n) is 12.1. The second-order valence-electron chi connectivity index (χ2n) is 8.81. The number of hydrogen-bond donors (Lipinski definition) is 1. The number of rotatable bonds is 5. The van der Waals surface area contributed by atoms with Gasteiger partial charge in [0.1, 0.15) is 10.8 Å². The molecule has 4 aromatic rings. The zero-order valence-electron chi connectivity index (χ0n) is 20.8. The molecule has 1 fully saturated rings. The number of pyridine rings is 1. The Morgan fingerprint density at radius 2 is 1.62 bits per heavy atom. The van der Waals surface area contributed by atoms with Crippen LogP contribution in [0.15, 0.2) is 83.9 Å². The Bertz CT molecular complexity index is 1540. The number of amides is 2. The SMILES string of the molecule is O=C(Nc1ccc(Oc2ccc(C(F)(F)F)cc2)nc1)N1CCN(c2cnn(-c3ccccc3)c(=O)c2Cl)CC1. The lowest BCUT2D eigenvalue weighted by molar-refractivity contribution is -0.137. The molecule has 13 heteroatoms. The van der Waals surface area contributed by atoms with Gasteiger partial charge in [0.05, 0.1) is 35.0 Å². The maximum absolute atomic E-state index is 12.8. The first kappa shape index (κ1) is 27.0. The van der Waals surface area contributed by atoms with Crippen molar-refractivity contribution in [3.63, 3.8) is 0 Å². The number of carbonyl (C=O) groups excluding carboxylic acids is 1.